The molecule has 0 spiro atoms. The molecule has 1 saturated heterocycles. The zero-order valence-electron chi connectivity index (χ0n) is 16.1. The standard InChI is InChI=1S/C18H28N6S/c1-12-11-15(20-13(2)19-12)24-9-7-14(8-10-24)23(6)17-21-16(22-25-17)18(3,4)5/h11,14H,7-10H2,1-6H3. The first-order valence-electron chi connectivity index (χ1n) is 8.88. The van der Waals surface area contributed by atoms with Crippen LogP contribution in [0.1, 0.15) is 51.0 Å². The van der Waals surface area contributed by atoms with Gasteiger partial charge in [0.05, 0.1) is 0 Å². The van der Waals surface area contributed by atoms with E-state index < -0.39 is 0 Å². The Morgan fingerprint density at radius 2 is 1.80 bits per heavy atom. The van der Waals surface area contributed by atoms with Gasteiger partial charge in [-0.3, -0.25) is 0 Å². The lowest BCUT2D eigenvalue weighted by Crippen LogP contribution is -2.44. The molecule has 6 nitrogen and oxygen atoms in total. The fourth-order valence-corrected chi connectivity index (χ4v) is 4.05. The van der Waals surface area contributed by atoms with Crippen molar-refractivity contribution in [3.8, 4) is 0 Å². The molecule has 0 radical (unpaired) electrons. The van der Waals surface area contributed by atoms with Gasteiger partial charge in [0.1, 0.15) is 17.5 Å². The predicted molar refractivity (Wildman–Crippen MR) is 104 cm³/mol. The Morgan fingerprint density at radius 1 is 1.12 bits per heavy atom. The van der Waals surface area contributed by atoms with E-state index in [4.69, 9.17) is 4.98 Å². The average molecular weight is 361 g/mol. The zero-order chi connectivity index (χ0) is 18.2. The monoisotopic (exact) mass is 360 g/mol. The van der Waals surface area contributed by atoms with Crippen LogP contribution in [0.4, 0.5) is 10.9 Å². The molecule has 0 atom stereocenters. The molecule has 2 aromatic heterocycles. The zero-order valence-corrected chi connectivity index (χ0v) is 16.9. The Labute approximate surface area is 154 Å². The SMILES string of the molecule is Cc1cc(N2CCC(N(C)c3nc(C(C)(C)C)ns3)CC2)nc(C)n1. The first kappa shape index (κ1) is 18.0. The van der Waals surface area contributed by atoms with Crippen molar-refractivity contribution in [2.24, 2.45) is 0 Å². The summed E-state index contributed by atoms with van der Waals surface area (Å²) in [5, 5.41) is 1.03. The van der Waals surface area contributed by atoms with Crippen LogP contribution in [-0.4, -0.2) is 45.5 Å². The lowest BCUT2D eigenvalue weighted by atomic mass is 9.96. The third kappa shape index (κ3) is 4.08. The summed E-state index contributed by atoms with van der Waals surface area (Å²) in [5.41, 5.74) is 1.03. The van der Waals surface area contributed by atoms with E-state index in [2.05, 4.69) is 58.0 Å². The molecule has 25 heavy (non-hydrogen) atoms. The second-order valence-corrected chi connectivity index (χ2v) is 8.62. The van der Waals surface area contributed by atoms with Gasteiger partial charge in [0.2, 0.25) is 5.13 Å². The lowest BCUT2D eigenvalue weighted by molar-refractivity contribution is 0.478. The minimum Gasteiger partial charge on any atom is -0.356 e. The molecule has 0 N–H and O–H groups in total. The third-order valence-corrected chi connectivity index (χ3v) is 5.48. The van der Waals surface area contributed by atoms with Gasteiger partial charge >= 0.3 is 0 Å². The number of hydrogen-bond donors (Lipinski definition) is 0. The molecule has 1 aliphatic rings. The van der Waals surface area contributed by atoms with Crippen LogP contribution >= 0.6 is 11.5 Å². The minimum atomic E-state index is 0.00167. The van der Waals surface area contributed by atoms with E-state index in [0.717, 1.165) is 54.2 Å². The topological polar surface area (TPSA) is 58.0 Å². The van der Waals surface area contributed by atoms with Gasteiger partial charge in [0.15, 0.2) is 0 Å². The molecule has 7 heteroatoms. The summed E-state index contributed by atoms with van der Waals surface area (Å²) in [7, 11) is 2.15. The van der Waals surface area contributed by atoms with Crippen LogP contribution in [0.5, 0.6) is 0 Å². The molecule has 0 aliphatic carbocycles. The molecule has 0 amide bonds. The summed E-state index contributed by atoms with van der Waals surface area (Å²) in [6.45, 7) is 12.5. The van der Waals surface area contributed by atoms with Crippen LogP contribution < -0.4 is 9.80 Å². The molecule has 0 bridgehead atoms. The van der Waals surface area contributed by atoms with Crippen LogP contribution in [0.15, 0.2) is 6.07 Å². The van der Waals surface area contributed by atoms with E-state index in [0.29, 0.717) is 6.04 Å². The van der Waals surface area contributed by atoms with Crippen LogP contribution in [0.2, 0.25) is 0 Å². The molecule has 0 saturated carbocycles. The van der Waals surface area contributed by atoms with Crippen LogP contribution in [0.3, 0.4) is 0 Å². The highest BCUT2D eigenvalue weighted by Crippen LogP contribution is 2.28. The van der Waals surface area contributed by atoms with E-state index in [-0.39, 0.29) is 5.41 Å². The Hall–Kier alpha value is -1.76. The predicted octanol–water partition coefficient (Wildman–Crippen LogP) is 3.35. The van der Waals surface area contributed by atoms with Crippen molar-refractivity contribution in [2.75, 3.05) is 29.9 Å². The van der Waals surface area contributed by atoms with Crippen molar-refractivity contribution in [1.82, 2.24) is 19.3 Å². The maximum absolute atomic E-state index is 4.76. The van der Waals surface area contributed by atoms with Crippen molar-refractivity contribution in [3.63, 3.8) is 0 Å². The van der Waals surface area contributed by atoms with Gasteiger partial charge in [-0.1, -0.05) is 20.8 Å². The summed E-state index contributed by atoms with van der Waals surface area (Å²) < 4.78 is 4.55. The van der Waals surface area contributed by atoms with Gasteiger partial charge in [-0.15, -0.1) is 0 Å². The Morgan fingerprint density at radius 3 is 2.36 bits per heavy atom. The molecule has 1 aliphatic heterocycles. The number of piperidine rings is 1. The van der Waals surface area contributed by atoms with Gasteiger partial charge in [-0.25, -0.2) is 15.0 Å². The first-order valence-corrected chi connectivity index (χ1v) is 9.65. The Balaban J connectivity index is 1.64. The smallest absolute Gasteiger partial charge is 0.205 e. The molecular weight excluding hydrogens is 332 g/mol. The van der Waals surface area contributed by atoms with Crippen LogP contribution in [0.25, 0.3) is 0 Å². The van der Waals surface area contributed by atoms with E-state index in [1.807, 2.05) is 13.8 Å². The number of aryl methyl sites for hydroxylation is 2. The van der Waals surface area contributed by atoms with Gasteiger partial charge in [-0.05, 0) is 26.7 Å². The van der Waals surface area contributed by atoms with Crippen molar-refractivity contribution >= 4 is 22.5 Å². The normalized spacial score (nSPS) is 16.3. The van der Waals surface area contributed by atoms with Gasteiger partial charge in [0, 0.05) is 54.9 Å². The maximum atomic E-state index is 4.76. The van der Waals surface area contributed by atoms with Gasteiger partial charge in [-0.2, -0.15) is 4.37 Å². The number of aromatic nitrogens is 4. The molecule has 0 unspecified atom stereocenters. The van der Waals surface area contributed by atoms with Crippen LogP contribution in [-0.2, 0) is 5.41 Å². The molecule has 0 aromatic carbocycles. The fraction of sp³-hybridized carbons (Fsp3) is 0.667. The minimum absolute atomic E-state index is 0.00167. The second-order valence-electron chi connectivity index (χ2n) is 7.89. The van der Waals surface area contributed by atoms with Gasteiger partial charge < -0.3 is 9.80 Å². The van der Waals surface area contributed by atoms with Crippen molar-refractivity contribution in [2.45, 2.75) is 58.9 Å². The highest BCUT2D eigenvalue weighted by Gasteiger charge is 2.27. The molecule has 136 valence electrons. The Bertz CT molecular complexity index is 707. The third-order valence-electron chi connectivity index (χ3n) is 4.68. The summed E-state index contributed by atoms with van der Waals surface area (Å²) in [6.07, 6.45) is 2.20. The van der Waals surface area contributed by atoms with Crippen LogP contribution in [0, 0.1) is 13.8 Å². The molecule has 1 fully saturated rings. The van der Waals surface area contributed by atoms with E-state index in [1.165, 1.54) is 11.5 Å². The number of anilines is 2. The van der Waals surface area contributed by atoms with E-state index in [1.54, 1.807) is 0 Å². The molecule has 3 rings (SSSR count). The lowest BCUT2D eigenvalue weighted by Gasteiger charge is -2.37. The number of hydrogen-bond acceptors (Lipinski definition) is 7. The fourth-order valence-electron chi connectivity index (χ4n) is 3.16. The van der Waals surface area contributed by atoms with E-state index >= 15 is 0 Å². The van der Waals surface area contributed by atoms with Crippen molar-refractivity contribution in [3.05, 3.63) is 23.4 Å². The Kier molecular flexibility index (Phi) is 4.95. The molecule has 3 heterocycles. The molecular formula is C18H28N6S. The highest BCUT2D eigenvalue weighted by molar-refractivity contribution is 7.09. The summed E-state index contributed by atoms with van der Waals surface area (Å²) >= 11 is 1.51. The summed E-state index contributed by atoms with van der Waals surface area (Å²) in [4.78, 5) is 18.4. The van der Waals surface area contributed by atoms with Crippen molar-refractivity contribution < 1.29 is 0 Å². The summed E-state index contributed by atoms with van der Waals surface area (Å²) in [5.74, 6) is 2.83. The summed E-state index contributed by atoms with van der Waals surface area (Å²) in [6, 6.07) is 2.58. The van der Waals surface area contributed by atoms with E-state index in [9.17, 15) is 0 Å². The quantitative estimate of drug-likeness (QED) is 0.837. The largest absolute Gasteiger partial charge is 0.356 e. The van der Waals surface area contributed by atoms with Crippen molar-refractivity contribution in [1.29, 1.82) is 0 Å². The first-order chi connectivity index (χ1) is 11.7. The maximum Gasteiger partial charge on any atom is 0.205 e. The van der Waals surface area contributed by atoms with Gasteiger partial charge in [0.25, 0.3) is 0 Å². The number of rotatable bonds is 3. The highest BCUT2D eigenvalue weighted by atomic mass is 32.1. The average Bonchev–Trinajstić information content (AvgIpc) is 3.03. The molecule has 2 aromatic rings. The second kappa shape index (κ2) is 6.86. The number of nitrogens with zero attached hydrogens (tertiary/aromatic N) is 6.